The van der Waals surface area contributed by atoms with Crippen molar-refractivity contribution >= 4 is 44.2 Å². The van der Waals surface area contributed by atoms with Crippen LogP contribution in [0, 0.1) is 17.0 Å². The van der Waals surface area contributed by atoms with E-state index in [0.29, 0.717) is 10.7 Å². The van der Waals surface area contributed by atoms with Gasteiger partial charge >= 0.3 is 0 Å². The second kappa shape index (κ2) is 11.9. The molecule has 4 aromatic carbocycles. The van der Waals surface area contributed by atoms with E-state index in [1.807, 2.05) is 85.8 Å². The number of hydrogen-bond donors (Lipinski definition) is 2. The number of fused-ring (bicyclic) bond motifs is 1. The number of nitrogens with zero attached hydrogens (tertiary/aromatic N) is 2. The van der Waals surface area contributed by atoms with E-state index in [9.17, 15) is 19.7 Å². The van der Waals surface area contributed by atoms with Crippen LogP contribution in [0.2, 0.25) is 0 Å². The van der Waals surface area contributed by atoms with Crippen molar-refractivity contribution in [3.05, 3.63) is 135 Å². The first-order valence-electron chi connectivity index (χ1n) is 12.7. The van der Waals surface area contributed by atoms with Crippen LogP contribution in [0.15, 0.2) is 103 Å². The van der Waals surface area contributed by atoms with Crippen LogP contribution < -0.4 is 10.6 Å². The molecule has 0 radical (unpaired) electrons. The first kappa shape index (κ1) is 26.7. The average molecular weight is 551 g/mol. The van der Waals surface area contributed by atoms with Gasteiger partial charge in [0.2, 0.25) is 11.8 Å². The number of nitro groups is 1. The van der Waals surface area contributed by atoms with E-state index in [0.717, 1.165) is 26.9 Å². The number of non-ortho nitro benzene ring substituents is 1. The maximum atomic E-state index is 13.8. The fraction of sp³-hybridized carbons (Fsp3) is 0.129. The van der Waals surface area contributed by atoms with Crippen LogP contribution in [0.3, 0.4) is 0 Å². The second-order valence-electron chi connectivity index (χ2n) is 9.42. The number of benzene rings is 4. The van der Waals surface area contributed by atoms with Crippen LogP contribution in [-0.4, -0.2) is 27.8 Å². The molecule has 0 spiro atoms. The first-order chi connectivity index (χ1) is 19.4. The van der Waals surface area contributed by atoms with Gasteiger partial charge in [0.1, 0.15) is 6.04 Å². The highest BCUT2D eigenvalue weighted by Crippen LogP contribution is 2.28. The summed E-state index contributed by atoms with van der Waals surface area (Å²) in [6.45, 7) is 1.99. The van der Waals surface area contributed by atoms with Crippen LogP contribution in [0.1, 0.15) is 28.2 Å². The zero-order chi connectivity index (χ0) is 28.1. The van der Waals surface area contributed by atoms with Crippen molar-refractivity contribution in [1.29, 1.82) is 0 Å². The molecular formula is C31H26N4O4S. The molecule has 5 rings (SSSR count). The van der Waals surface area contributed by atoms with Gasteiger partial charge in [0.15, 0.2) is 5.13 Å². The van der Waals surface area contributed by atoms with Crippen molar-refractivity contribution in [2.45, 2.75) is 25.3 Å². The van der Waals surface area contributed by atoms with Crippen LogP contribution in [0.5, 0.6) is 0 Å². The van der Waals surface area contributed by atoms with E-state index in [4.69, 9.17) is 0 Å². The van der Waals surface area contributed by atoms with Gasteiger partial charge in [-0.15, -0.1) is 0 Å². The number of aromatic nitrogens is 1. The van der Waals surface area contributed by atoms with Gasteiger partial charge in [-0.25, -0.2) is 4.98 Å². The lowest BCUT2D eigenvalue weighted by molar-refractivity contribution is -0.384. The van der Waals surface area contributed by atoms with E-state index >= 15 is 0 Å². The molecule has 0 aliphatic rings. The molecule has 0 aliphatic heterocycles. The maximum Gasteiger partial charge on any atom is 0.269 e. The number of carbonyl (C=O) groups is 2. The normalized spacial score (nSPS) is 11.8. The Kier molecular flexibility index (Phi) is 7.93. The second-order valence-corrected chi connectivity index (χ2v) is 10.5. The van der Waals surface area contributed by atoms with E-state index in [2.05, 4.69) is 15.6 Å². The molecule has 0 saturated heterocycles. The Hall–Kier alpha value is -4.89. The summed E-state index contributed by atoms with van der Waals surface area (Å²) in [4.78, 5) is 42.6. The standard InChI is InChI=1S/C31H26N4O4S/c1-20-12-17-25-27(18-20)40-31(33-25)34-29(36)26(19-21-13-15-24(16-14-21)35(38)39)32-30(37)28(22-8-4-2-5-9-22)23-10-6-3-7-11-23/h2-18,26,28H,19H2,1H3,(H,32,37)(H,33,34,36). The van der Waals surface area contributed by atoms with Crippen LogP contribution in [-0.2, 0) is 16.0 Å². The maximum absolute atomic E-state index is 13.8. The molecule has 9 heteroatoms. The molecule has 0 fully saturated rings. The summed E-state index contributed by atoms with van der Waals surface area (Å²) in [7, 11) is 0. The number of aryl methyl sites for hydroxylation is 1. The third-order valence-electron chi connectivity index (χ3n) is 6.52. The molecule has 8 nitrogen and oxygen atoms in total. The summed E-state index contributed by atoms with van der Waals surface area (Å²) in [5.41, 5.74) is 4.07. The largest absolute Gasteiger partial charge is 0.343 e. The summed E-state index contributed by atoms with van der Waals surface area (Å²) < 4.78 is 0.944. The zero-order valence-corrected chi connectivity index (χ0v) is 22.4. The van der Waals surface area contributed by atoms with Gasteiger partial charge in [0.25, 0.3) is 5.69 Å². The van der Waals surface area contributed by atoms with Gasteiger partial charge in [0, 0.05) is 18.6 Å². The number of carbonyl (C=O) groups excluding carboxylic acids is 2. The highest BCUT2D eigenvalue weighted by Gasteiger charge is 2.29. The van der Waals surface area contributed by atoms with E-state index in [1.165, 1.54) is 23.5 Å². The van der Waals surface area contributed by atoms with Crippen LogP contribution in [0.4, 0.5) is 10.8 Å². The van der Waals surface area contributed by atoms with E-state index < -0.39 is 22.8 Å². The number of hydrogen-bond acceptors (Lipinski definition) is 6. The number of thiazole rings is 1. The molecule has 0 saturated carbocycles. The Balaban J connectivity index is 1.44. The van der Waals surface area contributed by atoms with Crippen molar-refractivity contribution < 1.29 is 14.5 Å². The lowest BCUT2D eigenvalue weighted by atomic mass is 9.90. The van der Waals surface area contributed by atoms with Crippen molar-refractivity contribution in [2.24, 2.45) is 0 Å². The Morgan fingerprint density at radius 1 is 0.875 bits per heavy atom. The Bertz CT molecular complexity index is 1610. The van der Waals surface area contributed by atoms with Gasteiger partial charge in [-0.1, -0.05) is 90.2 Å². The highest BCUT2D eigenvalue weighted by atomic mass is 32.1. The Morgan fingerprint density at radius 2 is 1.50 bits per heavy atom. The van der Waals surface area contributed by atoms with Crippen LogP contribution >= 0.6 is 11.3 Å². The number of amides is 2. The molecule has 40 heavy (non-hydrogen) atoms. The summed E-state index contributed by atoms with van der Waals surface area (Å²) in [5, 5.41) is 17.4. The minimum Gasteiger partial charge on any atom is -0.343 e. The predicted octanol–water partition coefficient (Wildman–Crippen LogP) is 6.01. The summed E-state index contributed by atoms with van der Waals surface area (Å²) in [6, 6.07) is 29.6. The number of rotatable bonds is 9. The number of nitrogens with one attached hydrogen (secondary N) is 2. The average Bonchev–Trinajstić information content (AvgIpc) is 3.35. The molecular weight excluding hydrogens is 524 g/mol. The molecule has 0 aliphatic carbocycles. The van der Waals surface area contributed by atoms with E-state index in [-0.39, 0.29) is 18.0 Å². The van der Waals surface area contributed by atoms with E-state index in [1.54, 1.807) is 12.1 Å². The van der Waals surface area contributed by atoms with Gasteiger partial charge in [-0.05, 0) is 41.3 Å². The zero-order valence-electron chi connectivity index (χ0n) is 21.6. The van der Waals surface area contributed by atoms with Crippen molar-refractivity contribution in [3.63, 3.8) is 0 Å². The minimum absolute atomic E-state index is 0.0493. The molecule has 1 unspecified atom stereocenters. The van der Waals surface area contributed by atoms with Crippen molar-refractivity contribution in [1.82, 2.24) is 10.3 Å². The lowest BCUT2D eigenvalue weighted by Crippen LogP contribution is -2.47. The highest BCUT2D eigenvalue weighted by molar-refractivity contribution is 7.22. The minimum atomic E-state index is -0.961. The van der Waals surface area contributed by atoms with Gasteiger partial charge < -0.3 is 10.6 Å². The first-order valence-corrected chi connectivity index (χ1v) is 13.5. The number of anilines is 1. The Labute approximate surface area is 234 Å². The molecule has 2 N–H and O–H groups in total. The van der Waals surface area contributed by atoms with Gasteiger partial charge in [-0.2, -0.15) is 0 Å². The molecule has 200 valence electrons. The molecule has 1 atom stereocenters. The van der Waals surface area contributed by atoms with Crippen LogP contribution in [0.25, 0.3) is 10.2 Å². The lowest BCUT2D eigenvalue weighted by Gasteiger charge is -2.23. The summed E-state index contributed by atoms with van der Waals surface area (Å²) in [6.07, 6.45) is 0.135. The third-order valence-corrected chi connectivity index (χ3v) is 7.46. The predicted molar refractivity (Wildman–Crippen MR) is 156 cm³/mol. The quantitative estimate of drug-likeness (QED) is 0.172. The molecule has 2 amide bonds. The Morgan fingerprint density at radius 3 is 2.10 bits per heavy atom. The SMILES string of the molecule is Cc1ccc2nc(NC(=O)C(Cc3ccc([N+](=O)[O-])cc3)NC(=O)C(c3ccccc3)c3ccccc3)sc2c1. The summed E-state index contributed by atoms with van der Waals surface area (Å²) >= 11 is 1.36. The number of nitro benzene ring substituents is 1. The molecule has 5 aromatic rings. The van der Waals surface area contributed by atoms with Gasteiger partial charge in [0.05, 0.1) is 21.1 Å². The molecule has 1 heterocycles. The monoisotopic (exact) mass is 550 g/mol. The molecule has 1 aromatic heterocycles. The van der Waals surface area contributed by atoms with Crippen molar-refractivity contribution in [3.8, 4) is 0 Å². The summed E-state index contributed by atoms with van der Waals surface area (Å²) in [5.74, 6) is -1.40. The molecule has 0 bridgehead atoms. The third kappa shape index (κ3) is 6.22. The topological polar surface area (TPSA) is 114 Å². The van der Waals surface area contributed by atoms with Gasteiger partial charge in [-0.3, -0.25) is 19.7 Å². The van der Waals surface area contributed by atoms with Crippen molar-refractivity contribution in [2.75, 3.05) is 5.32 Å². The fourth-order valence-corrected chi connectivity index (χ4v) is 5.48. The fourth-order valence-electron chi connectivity index (χ4n) is 4.52. The smallest absolute Gasteiger partial charge is 0.269 e.